The predicted molar refractivity (Wildman–Crippen MR) is 66.1 cm³/mol. The first-order valence-electron chi connectivity index (χ1n) is 5.82. The smallest absolute Gasteiger partial charge is 0.265 e. The van der Waals surface area contributed by atoms with Gasteiger partial charge in [-0.15, -0.1) is 0 Å². The van der Waals surface area contributed by atoms with Crippen LogP contribution >= 0.6 is 0 Å². The summed E-state index contributed by atoms with van der Waals surface area (Å²) in [6.45, 7) is 4.27. The maximum Gasteiger partial charge on any atom is 0.265 e. The van der Waals surface area contributed by atoms with Gasteiger partial charge in [0.25, 0.3) is 6.43 Å². The zero-order valence-electron chi connectivity index (χ0n) is 10.5. The van der Waals surface area contributed by atoms with Crippen molar-refractivity contribution in [2.24, 2.45) is 0 Å². The van der Waals surface area contributed by atoms with Crippen LogP contribution in [0.1, 0.15) is 19.2 Å². The van der Waals surface area contributed by atoms with Crippen LogP contribution < -0.4 is 10.6 Å². The molecule has 1 heterocycles. The van der Waals surface area contributed by atoms with Crippen LogP contribution in [0, 0.1) is 6.92 Å². The number of aromatic nitrogens is 2. The molecule has 0 aliphatic rings. The maximum atomic E-state index is 12.1. The molecule has 1 aromatic rings. The monoisotopic (exact) mass is 260 g/mol. The minimum atomic E-state index is -2.77. The van der Waals surface area contributed by atoms with Gasteiger partial charge in [-0.3, -0.25) is 0 Å². The Balaban J connectivity index is 2.62. The van der Waals surface area contributed by atoms with E-state index in [1.54, 1.807) is 13.0 Å². The molecule has 0 spiro atoms. The largest absolute Gasteiger partial charge is 0.385 e. The fourth-order valence-electron chi connectivity index (χ4n) is 1.30. The molecule has 0 radical (unpaired) electrons. The molecular formula is C11H18F2N4O. The Morgan fingerprint density at radius 3 is 2.44 bits per heavy atom. The lowest BCUT2D eigenvalue weighted by molar-refractivity contribution is 0.00380. The summed E-state index contributed by atoms with van der Waals surface area (Å²) < 4.78 is 24.2. The first-order valence-corrected chi connectivity index (χ1v) is 5.82. The van der Waals surface area contributed by atoms with Gasteiger partial charge in [-0.25, -0.2) is 18.7 Å². The van der Waals surface area contributed by atoms with E-state index in [9.17, 15) is 8.78 Å². The van der Waals surface area contributed by atoms with Crippen molar-refractivity contribution in [1.82, 2.24) is 9.97 Å². The standard InChI is InChI=1S/C11H18F2N4O/c1-3-4-14-9-5-10(17-7(2)16-9)15-6-8(18)11(12)13/h5,8,11,18H,3-4,6H2,1-2H3,(H2,14,15,16,17). The molecular weight excluding hydrogens is 242 g/mol. The zero-order chi connectivity index (χ0) is 13.5. The maximum absolute atomic E-state index is 12.1. The summed E-state index contributed by atoms with van der Waals surface area (Å²) in [6.07, 6.45) is -3.51. The first kappa shape index (κ1) is 14.6. The van der Waals surface area contributed by atoms with Crippen LogP contribution in [0.4, 0.5) is 20.4 Å². The minimum absolute atomic E-state index is 0.249. The molecule has 0 aromatic carbocycles. The topological polar surface area (TPSA) is 70.1 Å². The molecule has 0 saturated heterocycles. The summed E-state index contributed by atoms with van der Waals surface area (Å²) in [5, 5.41) is 14.7. The van der Waals surface area contributed by atoms with Gasteiger partial charge >= 0.3 is 0 Å². The van der Waals surface area contributed by atoms with E-state index in [0.29, 0.717) is 17.5 Å². The van der Waals surface area contributed by atoms with Gasteiger partial charge in [-0.2, -0.15) is 0 Å². The second kappa shape index (κ2) is 7.05. The fourth-order valence-corrected chi connectivity index (χ4v) is 1.30. The number of alkyl halides is 2. The molecule has 0 fully saturated rings. The molecule has 3 N–H and O–H groups in total. The van der Waals surface area contributed by atoms with Crippen molar-refractivity contribution in [2.45, 2.75) is 32.8 Å². The summed E-state index contributed by atoms with van der Waals surface area (Å²) >= 11 is 0. The highest BCUT2D eigenvalue weighted by molar-refractivity contribution is 5.47. The molecule has 0 aliphatic heterocycles. The minimum Gasteiger partial charge on any atom is -0.385 e. The van der Waals surface area contributed by atoms with Crippen molar-refractivity contribution < 1.29 is 13.9 Å². The number of nitrogens with zero attached hydrogens (tertiary/aromatic N) is 2. The van der Waals surface area contributed by atoms with Crippen LogP contribution in [-0.2, 0) is 0 Å². The van der Waals surface area contributed by atoms with Crippen LogP contribution in [0.3, 0.4) is 0 Å². The van der Waals surface area contributed by atoms with Crippen LogP contribution in [0.2, 0.25) is 0 Å². The van der Waals surface area contributed by atoms with Crippen LogP contribution in [0.25, 0.3) is 0 Å². The number of aliphatic hydroxyl groups excluding tert-OH is 1. The van der Waals surface area contributed by atoms with Gasteiger partial charge in [0.15, 0.2) is 0 Å². The van der Waals surface area contributed by atoms with Gasteiger partial charge in [0.05, 0.1) is 0 Å². The van der Waals surface area contributed by atoms with Gasteiger partial charge < -0.3 is 15.7 Å². The first-order chi connectivity index (χ1) is 8.52. The lowest BCUT2D eigenvalue weighted by atomic mass is 10.3. The average Bonchev–Trinajstić information content (AvgIpc) is 2.32. The quantitative estimate of drug-likeness (QED) is 0.695. The van der Waals surface area contributed by atoms with E-state index in [2.05, 4.69) is 20.6 Å². The molecule has 1 aromatic heterocycles. The predicted octanol–water partition coefficient (Wildman–Crippen LogP) is 1.64. The van der Waals surface area contributed by atoms with Crippen LogP contribution in [-0.4, -0.2) is 40.7 Å². The fraction of sp³-hybridized carbons (Fsp3) is 0.636. The van der Waals surface area contributed by atoms with Gasteiger partial charge in [-0.05, 0) is 13.3 Å². The van der Waals surface area contributed by atoms with E-state index in [1.807, 2.05) is 6.92 Å². The summed E-state index contributed by atoms with van der Waals surface area (Å²) in [6, 6.07) is 1.63. The highest BCUT2D eigenvalue weighted by atomic mass is 19.3. The van der Waals surface area contributed by atoms with Crippen molar-refractivity contribution >= 4 is 11.6 Å². The molecule has 18 heavy (non-hydrogen) atoms. The lowest BCUT2D eigenvalue weighted by Crippen LogP contribution is -2.27. The summed E-state index contributed by atoms with van der Waals surface area (Å²) in [5.41, 5.74) is 0. The number of hydrogen-bond donors (Lipinski definition) is 3. The van der Waals surface area contributed by atoms with E-state index in [0.717, 1.165) is 13.0 Å². The molecule has 7 heteroatoms. The molecule has 1 unspecified atom stereocenters. The third kappa shape index (κ3) is 4.79. The van der Waals surface area contributed by atoms with E-state index < -0.39 is 12.5 Å². The molecule has 102 valence electrons. The second-order valence-electron chi connectivity index (χ2n) is 3.90. The molecule has 1 atom stereocenters. The lowest BCUT2D eigenvalue weighted by Gasteiger charge is -2.12. The molecule has 0 amide bonds. The number of anilines is 2. The summed E-state index contributed by atoms with van der Waals surface area (Å²) in [7, 11) is 0. The number of rotatable bonds is 7. The SMILES string of the molecule is CCCNc1cc(NCC(O)C(F)F)nc(C)n1. The Labute approximate surface area is 105 Å². The van der Waals surface area contributed by atoms with Crippen LogP contribution in [0.5, 0.6) is 0 Å². The number of halogens is 2. The third-order valence-electron chi connectivity index (χ3n) is 2.18. The highest BCUT2D eigenvalue weighted by Gasteiger charge is 2.16. The van der Waals surface area contributed by atoms with Gasteiger partial charge in [0, 0.05) is 19.2 Å². The van der Waals surface area contributed by atoms with E-state index in [1.165, 1.54) is 0 Å². The Bertz CT molecular complexity index is 376. The summed E-state index contributed by atoms with van der Waals surface area (Å²) in [5.74, 6) is 1.59. The Morgan fingerprint density at radius 1 is 1.28 bits per heavy atom. The van der Waals surface area contributed by atoms with Crippen molar-refractivity contribution in [1.29, 1.82) is 0 Å². The number of aliphatic hydroxyl groups is 1. The molecule has 0 bridgehead atoms. The molecule has 5 nitrogen and oxygen atoms in total. The van der Waals surface area contributed by atoms with Crippen LogP contribution in [0.15, 0.2) is 6.07 Å². The van der Waals surface area contributed by atoms with Gasteiger partial charge in [0.2, 0.25) is 0 Å². The average molecular weight is 260 g/mol. The highest BCUT2D eigenvalue weighted by Crippen LogP contribution is 2.11. The Hall–Kier alpha value is -1.50. The van der Waals surface area contributed by atoms with E-state index >= 15 is 0 Å². The van der Waals surface area contributed by atoms with Gasteiger partial charge in [0.1, 0.15) is 23.6 Å². The summed E-state index contributed by atoms with van der Waals surface area (Å²) in [4.78, 5) is 8.22. The molecule has 1 rings (SSSR count). The Kier molecular flexibility index (Phi) is 5.70. The van der Waals surface area contributed by atoms with E-state index in [4.69, 9.17) is 5.11 Å². The van der Waals surface area contributed by atoms with Crippen molar-refractivity contribution in [3.8, 4) is 0 Å². The normalized spacial score (nSPS) is 12.6. The second-order valence-corrected chi connectivity index (χ2v) is 3.90. The number of nitrogens with one attached hydrogen (secondary N) is 2. The van der Waals surface area contributed by atoms with Crippen molar-refractivity contribution in [3.63, 3.8) is 0 Å². The Morgan fingerprint density at radius 2 is 1.89 bits per heavy atom. The number of hydrogen-bond acceptors (Lipinski definition) is 5. The van der Waals surface area contributed by atoms with Crippen molar-refractivity contribution in [3.05, 3.63) is 11.9 Å². The number of aryl methyl sites for hydroxylation is 1. The molecule has 0 aliphatic carbocycles. The molecule has 0 saturated carbocycles. The van der Waals surface area contributed by atoms with Gasteiger partial charge in [-0.1, -0.05) is 6.92 Å². The zero-order valence-corrected chi connectivity index (χ0v) is 10.5. The van der Waals surface area contributed by atoms with Crippen molar-refractivity contribution in [2.75, 3.05) is 23.7 Å². The third-order valence-corrected chi connectivity index (χ3v) is 2.18. The van der Waals surface area contributed by atoms with E-state index in [-0.39, 0.29) is 6.54 Å².